The molecule has 0 unspecified atom stereocenters. The minimum atomic E-state index is -0.113. The zero-order valence-electron chi connectivity index (χ0n) is 12.9. The van der Waals surface area contributed by atoms with Crippen LogP contribution in [0.25, 0.3) is 0 Å². The molecule has 2 N–H and O–H groups in total. The van der Waals surface area contributed by atoms with Crippen LogP contribution in [-0.2, 0) is 4.79 Å². The summed E-state index contributed by atoms with van der Waals surface area (Å²) in [6, 6.07) is 5.74. The number of carbonyl (C=O) groups excluding carboxylic acids is 1. The Morgan fingerprint density at radius 2 is 2.00 bits per heavy atom. The van der Waals surface area contributed by atoms with Gasteiger partial charge in [0.2, 0.25) is 5.91 Å². The maximum atomic E-state index is 11.3. The Labute approximate surface area is 141 Å². The van der Waals surface area contributed by atoms with E-state index in [2.05, 4.69) is 27.5 Å². The van der Waals surface area contributed by atoms with Crippen molar-refractivity contribution in [2.75, 3.05) is 43.4 Å². The molecule has 1 aliphatic heterocycles. The van der Waals surface area contributed by atoms with Gasteiger partial charge >= 0.3 is 0 Å². The first-order chi connectivity index (χ1) is 10.5. The quantitative estimate of drug-likeness (QED) is 0.827. The van der Waals surface area contributed by atoms with Gasteiger partial charge in [0, 0.05) is 38.3 Å². The Bertz CT molecular complexity index is 558. The summed E-state index contributed by atoms with van der Waals surface area (Å²) in [5.41, 5.74) is 1.80. The molecule has 0 atom stereocenters. The second-order valence-electron chi connectivity index (χ2n) is 5.31. The minimum absolute atomic E-state index is 0.113. The van der Waals surface area contributed by atoms with E-state index in [9.17, 15) is 4.79 Å². The van der Waals surface area contributed by atoms with Crippen molar-refractivity contribution in [2.45, 2.75) is 13.3 Å². The van der Waals surface area contributed by atoms with Crippen molar-refractivity contribution >= 4 is 46.2 Å². The average Bonchev–Trinajstić information content (AvgIpc) is 2.48. The molecule has 0 spiro atoms. The summed E-state index contributed by atoms with van der Waals surface area (Å²) in [4.78, 5) is 15.9. The van der Waals surface area contributed by atoms with Crippen molar-refractivity contribution in [1.82, 2.24) is 10.2 Å². The fraction of sp³-hybridized carbons (Fsp3) is 0.467. The largest absolute Gasteiger partial charge is 0.368 e. The fourth-order valence-electron chi connectivity index (χ4n) is 2.27. The highest BCUT2D eigenvalue weighted by Gasteiger charge is 2.16. The van der Waals surface area contributed by atoms with Gasteiger partial charge in [0.1, 0.15) is 0 Å². The molecule has 0 bridgehead atoms. The normalized spacial score (nSPS) is 15.5. The van der Waals surface area contributed by atoms with Crippen molar-refractivity contribution in [3.8, 4) is 0 Å². The first kappa shape index (κ1) is 17.0. The molecule has 0 aromatic heterocycles. The van der Waals surface area contributed by atoms with Crippen LogP contribution in [0.4, 0.5) is 11.4 Å². The number of nitrogens with zero attached hydrogens (tertiary/aromatic N) is 2. The van der Waals surface area contributed by atoms with Crippen molar-refractivity contribution in [3.63, 3.8) is 0 Å². The van der Waals surface area contributed by atoms with Crippen LogP contribution in [0.15, 0.2) is 18.2 Å². The third-order valence-corrected chi connectivity index (χ3v) is 4.13. The molecule has 5 nitrogen and oxygen atoms in total. The lowest BCUT2D eigenvalue weighted by molar-refractivity contribution is -0.119. The highest BCUT2D eigenvalue weighted by atomic mass is 35.5. The molecule has 1 aromatic carbocycles. The summed E-state index contributed by atoms with van der Waals surface area (Å²) < 4.78 is 0. The van der Waals surface area contributed by atoms with Crippen LogP contribution in [-0.4, -0.2) is 49.1 Å². The topological polar surface area (TPSA) is 47.6 Å². The number of hydrogen-bond acceptors (Lipinski definition) is 4. The molecular formula is C15H21ClN4OS. The van der Waals surface area contributed by atoms with E-state index in [-0.39, 0.29) is 11.0 Å². The van der Waals surface area contributed by atoms with Crippen LogP contribution < -0.4 is 15.5 Å². The van der Waals surface area contributed by atoms with Crippen LogP contribution in [0, 0.1) is 0 Å². The number of rotatable bonds is 3. The molecule has 1 heterocycles. The minimum Gasteiger partial charge on any atom is -0.368 e. The van der Waals surface area contributed by atoms with Gasteiger partial charge in [0.05, 0.1) is 10.7 Å². The number of carbonyl (C=O) groups is 1. The summed E-state index contributed by atoms with van der Waals surface area (Å²) >= 11 is 11.5. The Balaban J connectivity index is 2.00. The van der Waals surface area contributed by atoms with Crippen LogP contribution >= 0.6 is 23.8 Å². The monoisotopic (exact) mass is 340 g/mol. The SMILES string of the molecule is CCC(=O)NC(=S)Nc1ccc(N2CCN(C)CC2)c(Cl)c1. The van der Waals surface area contributed by atoms with E-state index >= 15 is 0 Å². The van der Waals surface area contributed by atoms with Gasteiger partial charge in [0.15, 0.2) is 5.11 Å². The van der Waals surface area contributed by atoms with Crippen LogP contribution in [0.3, 0.4) is 0 Å². The molecule has 0 radical (unpaired) electrons. The van der Waals surface area contributed by atoms with Gasteiger partial charge in [-0.25, -0.2) is 0 Å². The number of piperazine rings is 1. The lowest BCUT2D eigenvalue weighted by Crippen LogP contribution is -2.44. The zero-order chi connectivity index (χ0) is 16.1. The van der Waals surface area contributed by atoms with Gasteiger partial charge in [-0.3, -0.25) is 4.79 Å². The highest BCUT2D eigenvalue weighted by molar-refractivity contribution is 7.80. The second kappa shape index (κ2) is 7.76. The van der Waals surface area contributed by atoms with Crippen molar-refractivity contribution < 1.29 is 4.79 Å². The van der Waals surface area contributed by atoms with Crippen LogP contribution in [0.5, 0.6) is 0 Å². The third-order valence-electron chi connectivity index (χ3n) is 3.62. The number of halogens is 1. The van der Waals surface area contributed by atoms with E-state index in [4.69, 9.17) is 23.8 Å². The van der Waals surface area contributed by atoms with E-state index in [0.717, 1.165) is 37.6 Å². The number of nitrogens with one attached hydrogen (secondary N) is 2. The summed E-state index contributed by atoms with van der Waals surface area (Å²) in [7, 11) is 2.12. The zero-order valence-corrected chi connectivity index (χ0v) is 14.4. The Kier molecular flexibility index (Phi) is 5.99. The molecule has 1 aliphatic rings. The first-order valence-corrected chi connectivity index (χ1v) is 8.12. The average molecular weight is 341 g/mol. The van der Waals surface area contributed by atoms with E-state index in [1.807, 2.05) is 18.2 Å². The second-order valence-corrected chi connectivity index (χ2v) is 6.13. The smallest absolute Gasteiger partial charge is 0.225 e. The fourth-order valence-corrected chi connectivity index (χ4v) is 2.80. The lowest BCUT2D eigenvalue weighted by Gasteiger charge is -2.34. The summed E-state index contributed by atoms with van der Waals surface area (Å²) in [5.74, 6) is -0.113. The third kappa shape index (κ3) is 4.56. The Hall–Kier alpha value is -1.37. The summed E-state index contributed by atoms with van der Waals surface area (Å²) in [6.45, 7) is 5.77. The molecule has 1 amide bonds. The van der Waals surface area contributed by atoms with E-state index in [1.54, 1.807) is 6.92 Å². The molecule has 2 rings (SSSR count). The molecule has 0 saturated carbocycles. The molecule has 1 aromatic rings. The van der Waals surface area contributed by atoms with Gasteiger partial charge < -0.3 is 20.4 Å². The molecule has 7 heteroatoms. The van der Waals surface area contributed by atoms with Gasteiger partial charge in [-0.2, -0.15) is 0 Å². The number of thiocarbonyl (C=S) groups is 1. The van der Waals surface area contributed by atoms with Gasteiger partial charge in [-0.1, -0.05) is 18.5 Å². The standard InChI is InChI=1S/C15H21ClN4OS/c1-3-14(21)18-15(22)17-11-4-5-13(12(16)10-11)20-8-6-19(2)7-9-20/h4-5,10H,3,6-9H2,1-2H3,(H2,17,18,21,22). The maximum Gasteiger partial charge on any atom is 0.225 e. The number of anilines is 2. The number of amides is 1. The molecule has 22 heavy (non-hydrogen) atoms. The molecule has 0 aliphatic carbocycles. The van der Waals surface area contributed by atoms with Crippen LogP contribution in [0.1, 0.15) is 13.3 Å². The molecule has 120 valence electrons. The van der Waals surface area contributed by atoms with E-state index in [1.165, 1.54) is 0 Å². The Morgan fingerprint density at radius 1 is 1.32 bits per heavy atom. The van der Waals surface area contributed by atoms with Gasteiger partial charge in [-0.05, 0) is 37.5 Å². The molecular weight excluding hydrogens is 320 g/mol. The molecule has 1 saturated heterocycles. The Morgan fingerprint density at radius 3 is 2.59 bits per heavy atom. The number of benzene rings is 1. The van der Waals surface area contributed by atoms with E-state index in [0.29, 0.717) is 11.4 Å². The molecule has 1 fully saturated rings. The predicted molar refractivity (Wildman–Crippen MR) is 95.8 cm³/mol. The van der Waals surface area contributed by atoms with Gasteiger partial charge in [0.25, 0.3) is 0 Å². The predicted octanol–water partition coefficient (Wildman–Crippen LogP) is 2.31. The number of hydrogen-bond donors (Lipinski definition) is 2. The summed E-state index contributed by atoms with van der Waals surface area (Å²) in [5, 5.41) is 6.54. The van der Waals surface area contributed by atoms with Gasteiger partial charge in [-0.15, -0.1) is 0 Å². The lowest BCUT2D eigenvalue weighted by atomic mass is 10.2. The van der Waals surface area contributed by atoms with Crippen molar-refractivity contribution in [1.29, 1.82) is 0 Å². The maximum absolute atomic E-state index is 11.3. The van der Waals surface area contributed by atoms with Crippen molar-refractivity contribution in [2.24, 2.45) is 0 Å². The van der Waals surface area contributed by atoms with E-state index < -0.39 is 0 Å². The summed E-state index contributed by atoms with van der Waals surface area (Å²) in [6.07, 6.45) is 0.394. The van der Waals surface area contributed by atoms with Crippen molar-refractivity contribution in [3.05, 3.63) is 23.2 Å². The highest BCUT2D eigenvalue weighted by Crippen LogP contribution is 2.29. The van der Waals surface area contributed by atoms with Crippen LogP contribution in [0.2, 0.25) is 5.02 Å². The number of likely N-dealkylation sites (N-methyl/N-ethyl adjacent to an activating group) is 1. The first-order valence-electron chi connectivity index (χ1n) is 7.33.